The SMILES string of the molecule is C#CCCCNS(=O)(=O)c1cc(CC)cc(N)c1CC. The summed E-state index contributed by atoms with van der Waals surface area (Å²) >= 11 is 0. The largest absolute Gasteiger partial charge is 0.398 e. The Hall–Kier alpha value is -1.51. The molecule has 0 aliphatic carbocycles. The predicted octanol–water partition coefficient (Wildman–Crippen LogP) is 2.09. The molecule has 1 aromatic carbocycles. The van der Waals surface area contributed by atoms with Crippen molar-refractivity contribution in [3.63, 3.8) is 0 Å². The van der Waals surface area contributed by atoms with E-state index in [0.29, 0.717) is 37.1 Å². The van der Waals surface area contributed by atoms with Crippen LogP contribution >= 0.6 is 0 Å². The lowest BCUT2D eigenvalue weighted by atomic mass is 10.1. The highest BCUT2D eigenvalue weighted by atomic mass is 32.2. The number of nitrogens with two attached hydrogens (primary N) is 1. The predicted molar refractivity (Wildman–Crippen MR) is 82.9 cm³/mol. The zero-order valence-corrected chi connectivity index (χ0v) is 12.9. The molecule has 4 nitrogen and oxygen atoms in total. The molecule has 1 aromatic rings. The minimum absolute atomic E-state index is 0.289. The Kier molecular flexibility index (Phi) is 6.05. The maximum atomic E-state index is 12.4. The van der Waals surface area contributed by atoms with Gasteiger partial charge in [0.15, 0.2) is 0 Å². The molecule has 3 N–H and O–H groups in total. The second kappa shape index (κ2) is 7.32. The van der Waals surface area contributed by atoms with Gasteiger partial charge in [-0.1, -0.05) is 13.8 Å². The Morgan fingerprint density at radius 1 is 1.30 bits per heavy atom. The van der Waals surface area contributed by atoms with Crippen LogP contribution in [-0.2, 0) is 22.9 Å². The van der Waals surface area contributed by atoms with Crippen molar-refractivity contribution >= 4 is 15.7 Å². The standard InChI is InChI=1S/C15H22N2O2S/c1-4-7-8-9-17-20(18,19)15-11-12(5-2)10-14(16)13(15)6-3/h1,10-11,17H,5-9,16H2,2-3H3. The van der Waals surface area contributed by atoms with Gasteiger partial charge in [0.2, 0.25) is 10.0 Å². The number of sulfonamides is 1. The lowest BCUT2D eigenvalue weighted by Gasteiger charge is -2.14. The molecule has 0 aromatic heterocycles. The van der Waals surface area contributed by atoms with E-state index >= 15 is 0 Å². The molecule has 0 saturated heterocycles. The second-order valence-corrected chi connectivity index (χ2v) is 6.31. The van der Waals surface area contributed by atoms with Crippen LogP contribution in [0.1, 0.15) is 37.8 Å². The van der Waals surface area contributed by atoms with E-state index in [1.54, 1.807) is 6.07 Å². The quantitative estimate of drug-likeness (QED) is 0.459. The van der Waals surface area contributed by atoms with E-state index in [2.05, 4.69) is 10.6 Å². The van der Waals surface area contributed by atoms with Gasteiger partial charge >= 0.3 is 0 Å². The molecule has 0 unspecified atom stereocenters. The van der Waals surface area contributed by atoms with Crippen LogP contribution in [0.3, 0.4) is 0 Å². The van der Waals surface area contributed by atoms with Crippen molar-refractivity contribution in [3.8, 4) is 12.3 Å². The van der Waals surface area contributed by atoms with E-state index in [9.17, 15) is 8.42 Å². The lowest BCUT2D eigenvalue weighted by molar-refractivity contribution is 0.578. The van der Waals surface area contributed by atoms with Crippen LogP contribution in [0.15, 0.2) is 17.0 Å². The lowest BCUT2D eigenvalue weighted by Crippen LogP contribution is -2.26. The third-order valence-corrected chi connectivity index (χ3v) is 4.67. The summed E-state index contributed by atoms with van der Waals surface area (Å²) in [5.74, 6) is 2.49. The van der Waals surface area contributed by atoms with Gasteiger partial charge in [-0.3, -0.25) is 0 Å². The average molecular weight is 294 g/mol. The van der Waals surface area contributed by atoms with Crippen LogP contribution in [0.5, 0.6) is 0 Å². The fraction of sp³-hybridized carbons (Fsp3) is 0.467. The van der Waals surface area contributed by atoms with E-state index in [4.69, 9.17) is 12.2 Å². The molecular formula is C15H22N2O2S. The fourth-order valence-corrected chi connectivity index (χ4v) is 3.48. The van der Waals surface area contributed by atoms with Gasteiger partial charge in [-0.25, -0.2) is 13.1 Å². The summed E-state index contributed by atoms with van der Waals surface area (Å²) in [4.78, 5) is 0.289. The average Bonchev–Trinajstić information content (AvgIpc) is 2.42. The number of aryl methyl sites for hydroxylation is 1. The molecule has 5 heteroatoms. The summed E-state index contributed by atoms with van der Waals surface area (Å²) in [6, 6.07) is 3.55. The zero-order chi connectivity index (χ0) is 15.2. The first-order valence-corrected chi connectivity index (χ1v) is 8.29. The molecule has 0 aliphatic heterocycles. The molecule has 0 heterocycles. The van der Waals surface area contributed by atoms with E-state index in [1.165, 1.54) is 0 Å². The van der Waals surface area contributed by atoms with Crippen LogP contribution in [0.4, 0.5) is 5.69 Å². The highest BCUT2D eigenvalue weighted by Crippen LogP contribution is 2.25. The third-order valence-electron chi connectivity index (χ3n) is 3.14. The summed E-state index contributed by atoms with van der Waals surface area (Å²) in [5, 5.41) is 0. The summed E-state index contributed by atoms with van der Waals surface area (Å²) in [5.41, 5.74) is 8.09. The van der Waals surface area contributed by atoms with Gasteiger partial charge in [-0.15, -0.1) is 12.3 Å². The van der Waals surface area contributed by atoms with E-state index in [-0.39, 0.29) is 4.90 Å². The van der Waals surface area contributed by atoms with Crippen LogP contribution in [0, 0.1) is 12.3 Å². The Labute approximate surface area is 121 Å². The van der Waals surface area contributed by atoms with Gasteiger partial charge in [-0.2, -0.15) is 0 Å². The van der Waals surface area contributed by atoms with Crippen LogP contribution in [0.2, 0.25) is 0 Å². The first-order valence-electron chi connectivity index (χ1n) is 6.80. The molecule has 0 radical (unpaired) electrons. The van der Waals surface area contributed by atoms with E-state index in [1.807, 2.05) is 19.9 Å². The molecule has 0 spiro atoms. The van der Waals surface area contributed by atoms with Crippen LogP contribution in [-0.4, -0.2) is 15.0 Å². The number of hydrogen-bond acceptors (Lipinski definition) is 3. The van der Waals surface area contributed by atoms with Gasteiger partial charge in [0.1, 0.15) is 0 Å². The van der Waals surface area contributed by atoms with Crippen molar-refractivity contribution in [2.24, 2.45) is 0 Å². The molecule has 0 amide bonds. The third kappa shape index (κ3) is 3.99. The summed E-state index contributed by atoms with van der Waals surface area (Å²) in [7, 11) is -3.54. The number of hydrogen-bond donors (Lipinski definition) is 2. The van der Waals surface area contributed by atoms with Gasteiger partial charge in [0.05, 0.1) is 4.90 Å². The molecule has 0 fully saturated rings. The molecule has 110 valence electrons. The van der Waals surface area contributed by atoms with Gasteiger partial charge in [0, 0.05) is 18.7 Å². The minimum Gasteiger partial charge on any atom is -0.398 e. The molecule has 20 heavy (non-hydrogen) atoms. The molecular weight excluding hydrogens is 272 g/mol. The van der Waals surface area contributed by atoms with Gasteiger partial charge in [-0.05, 0) is 42.5 Å². The van der Waals surface area contributed by atoms with Crippen molar-refractivity contribution < 1.29 is 8.42 Å². The second-order valence-electron chi connectivity index (χ2n) is 4.57. The van der Waals surface area contributed by atoms with Crippen molar-refractivity contribution in [1.29, 1.82) is 0 Å². The van der Waals surface area contributed by atoms with Crippen molar-refractivity contribution in [1.82, 2.24) is 4.72 Å². The zero-order valence-electron chi connectivity index (χ0n) is 12.1. The van der Waals surface area contributed by atoms with Crippen molar-refractivity contribution in [2.45, 2.75) is 44.4 Å². The first kappa shape index (κ1) is 16.5. The number of nitrogens with one attached hydrogen (secondary N) is 1. The topological polar surface area (TPSA) is 72.2 Å². The molecule has 1 rings (SSSR count). The Bertz CT molecular complexity index is 601. The maximum Gasteiger partial charge on any atom is 0.240 e. The van der Waals surface area contributed by atoms with Crippen LogP contribution < -0.4 is 10.5 Å². The molecule has 0 aliphatic rings. The number of benzene rings is 1. The smallest absolute Gasteiger partial charge is 0.240 e. The normalized spacial score (nSPS) is 11.2. The summed E-state index contributed by atoms with van der Waals surface area (Å²) in [6.45, 7) is 4.21. The highest BCUT2D eigenvalue weighted by molar-refractivity contribution is 7.89. The van der Waals surface area contributed by atoms with Crippen LogP contribution in [0.25, 0.3) is 0 Å². The van der Waals surface area contributed by atoms with Crippen molar-refractivity contribution in [2.75, 3.05) is 12.3 Å². The Morgan fingerprint density at radius 2 is 2.00 bits per heavy atom. The number of unbranched alkanes of at least 4 members (excludes halogenated alkanes) is 1. The number of terminal acetylenes is 1. The first-order chi connectivity index (χ1) is 9.46. The Morgan fingerprint density at radius 3 is 2.55 bits per heavy atom. The summed E-state index contributed by atoms with van der Waals surface area (Å²) in [6.07, 6.45) is 7.65. The van der Waals surface area contributed by atoms with E-state index < -0.39 is 10.0 Å². The van der Waals surface area contributed by atoms with Gasteiger partial charge in [0.25, 0.3) is 0 Å². The maximum absolute atomic E-state index is 12.4. The Balaban J connectivity index is 3.10. The monoisotopic (exact) mass is 294 g/mol. The van der Waals surface area contributed by atoms with E-state index in [0.717, 1.165) is 12.0 Å². The number of anilines is 1. The number of rotatable bonds is 7. The molecule has 0 saturated carbocycles. The molecule has 0 bridgehead atoms. The fourth-order valence-electron chi connectivity index (χ4n) is 2.02. The van der Waals surface area contributed by atoms with Crippen molar-refractivity contribution in [3.05, 3.63) is 23.3 Å². The minimum atomic E-state index is -3.54. The van der Waals surface area contributed by atoms with Gasteiger partial charge < -0.3 is 5.73 Å². The summed E-state index contributed by atoms with van der Waals surface area (Å²) < 4.78 is 27.3. The highest BCUT2D eigenvalue weighted by Gasteiger charge is 2.19. The number of nitrogen functional groups attached to an aromatic ring is 1. The molecule has 0 atom stereocenters.